The molecule has 0 radical (unpaired) electrons. The summed E-state index contributed by atoms with van der Waals surface area (Å²) in [6.07, 6.45) is 0. The molecule has 1 aliphatic rings. The number of anilines is 2. The van der Waals surface area contributed by atoms with E-state index in [4.69, 9.17) is 14.2 Å². The van der Waals surface area contributed by atoms with Crippen molar-refractivity contribution < 1.29 is 23.8 Å². The Bertz CT molecular complexity index is 1230. The molecular formula is C27H26N2O5. The number of ether oxygens (including phenoxy) is 3. The smallest absolute Gasteiger partial charge is 0.282 e. The van der Waals surface area contributed by atoms with Crippen LogP contribution in [0.3, 0.4) is 0 Å². The third-order valence-electron chi connectivity index (χ3n) is 5.32. The first-order chi connectivity index (χ1) is 16.6. The van der Waals surface area contributed by atoms with Gasteiger partial charge in [-0.15, -0.1) is 0 Å². The Balaban J connectivity index is 1.83. The summed E-state index contributed by atoms with van der Waals surface area (Å²) in [7, 11) is 1.57. The van der Waals surface area contributed by atoms with Crippen molar-refractivity contribution in [2.75, 3.05) is 30.5 Å². The molecule has 0 bridgehead atoms. The van der Waals surface area contributed by atoms with E-state index in [9.17, 15) is 9.59 Å². The lowest BCUT2D eigenvalue weighted by Crippen LogP contribution is -2.32. The Hall–Kier alpha value is -4.26. The zero-order chi connectivity index (χ0) is 24.1. The summed E-state index contributed by atoms with van der Waals surface area (Å²) in [5.74, 6) is 0.764. The monoisotopic (exact) mass is 458 g/mol. The van der Waals surface area contributed by atoms with Crippen LogP contribution >= 0.6 is 0 Å². The molecule has 0 unspecified atom stereocenters. The highest BCUT2D eigenvalue weighted by molar-refractivity contribution is 6.46. The van der Waals surface area contributed by atoms with Crippen LogP contribution in [0.1, 0.15) is 19.4 Å². The molecule has 7 heteroatoms. The van der Waals surface area contributed by atoms with Crippen LogP contribution in [0.15, 0.2) is 78.5 Å². The van der Waals surface area contributed by atoms with Gasteiger partial charge in [-0.2, -0.15) is 0 Å². The Kier molecular flexibility index (Phi) is 6.82. The van der Waals surface area contributed by atoms with Crippen molar-refractivity contribution in [2.24, 2.45) is 0 Å². The van der Waals surface area contributed by atoms with Gasteiger partial charge in [0.05, 0.1) is 37.3 Å². The van der Waals surface area contributed by atoms with Crippen molar-refractivity contribution in [3.63, 3.8) is 0 Å². The molecule has 3 aromatic carbocycles. The van der Waals surface area contributed by atoms with Crippen molar-refractivity contribution in [2.45, 2.75) is 13.8 Å². The number of para-hydroxylation sites is 4. The standard InChI is InChI=1S/C27H26N2O5/c1-4-33-22-12-8-6-10-20(22)28-25-24(18-14-16-19(32-3)17-15-18)26(30)29(27(25)31)21-11-7-9-13-23(21)34-5-2/h6-17,28H,4-5H2,1-3H3. The van der Waals surface area contributed by atoms with Crippen LogP contribution in [0.25, 0.3) is 5.57 Å². The summed E-state index contributed by atoms with van der Waals surface area (Å²) in [6.45, 7) is 4.60. The lowest BCUT2D eigenvalue weighted by Gasteiger charge is -2.19. The van der Waals surface area contributed by atoms with E-state index in [2.05, 4.69) is 5.32 Å². The molecule has 0 aromatic heterocycles. The molecule has 34 heavy (non-hydrogen) atoms. The minimum absolute atomic E-state index is 0.161. The third kappa shape index (κ3) is 4.32. The highest BCUT2D eigenvalue weighted by Crippen LogP contribution is 2.39. The minimum atomic E-state index is -0.478. The number of nitrogens with one attached hydrogen (secondary N) is 1. The summed E-state index contributed by atoms with van der Waals surface area (Å²) in [6, 6.07) is 21.3. The fourth-order valence-corrected chi connectivity index (χ4v) is 3.80. The summed E-state index contributed by atoms with van der Waals surface area (Å²) in [4.78, 5) is 28.6. The highest BCUT2D eigenvalue weighted by Gasteiger charge is 2.41. The molecule has 4 rings (SSSR count). The summed E-state index contributed by atoms with van der Waals surface area (Å²) >= 11 is 0. The van der Waals surface area contributed by atoms with Gasteiger partial charge in [0, 0.05) is 0 Å². The molecule has 0 spiro atoms. The highest BCUT2D eigenvalue weighted by atomic mass is 16.5. The van der Waals surface area contributed by atoms with E-state index in [0.29, 0.717) is 47.4 Å². The summed E-state index contributed by atoms with van der Waals surface area (Å²) < 4.78 is 16.7. The number of imide groups is 1. The van der Waals surface area contributed by atoms with Crippen LogP contribution in [0.4, 0.5) is 11.4 Å². The first-order valence-corrected chi connectivity index (χ1v) is 11.1. The summed E-state index contributed by atoms with van der Waals surface area (Å²) in [5, 5.41) is 3.17. The van der Waals surface area contributed by atoms with E-state index in [1.54, 1.807) is 61.7 Å². The summed E-state index contributed by atoms with van der Waals surface area (Å²) in [5.41, 5.74) is 1.98. The van der Waals surface area contributed by atoms with Gasteiger partial charge in [-0.3, -0.25) is 9.59 Å². The quantitative estimate of drug-likeness (QED) is 0.460. The molecule has 1 aliphatic heterocycles. The molecule has 7 nitrogen and oxygen atoms in total. The number of nitrogens with zero attached hydrogens (tertiary/aromatic N) is 1. The fourth-order valence-electron chi connectivity index (χ4n) is 3.80. The number of benzene rings is 3. The number of hydrogen-bond donors (Lipinski definition) is 1. The molecule has 174 valence electrons. The predicted octanol–water partition coefficient (Wildman–Crippen LogP) is 4.89. The zero-order valence-corrected chi connectivity index (χ0v) is 19.3. The van der Waals surface area contributed by atoms with Gasteiger partial charge >= 0.3 is 0 Å². The molecule has 0 saturated heterocycles. The number of methoxy groups -OCH3 is 1. The minimum Gasteiger partial charge on any atom is -0.497 e. The second-order valence-corrected chi connectivity index (χ2v) is 7.38. The normalized spacial score (nSPS) is 13.3. The number of rotatable bonds is 9. The topological polar surface area (TPSA) is 77.1 Å². The molecular weight excluding hydrogens is 432 g/mol. The zero-order valence-electron chi connectivity index (χ0n) is 19.3. The van der Waals surface area contributed by atoms with Crippen molar-refractivity contribution in [3.8, 4) is 17.2 Å². The van der Waals surface area contributed by atoms with Crippen molar-refractivity contribution in [1.29, 1.82) is 0 Å². The average Bonchev–Trinajstić information content (AvgIpc) is 3.10. The Labute approximate surface area is 198 Å². The molecule has 0 fully saturated rings. The Morgan fingerprint density at radius 3 is 2.06 bits per heavy atom. The first-order valence-electron chi connectivity index (χ1n) is 11.1. The number of carbonyl (C=O) groups is 2. The van der Waals surface area contributed by atoms with Crippen molar-refractivity contribution in [3.05, 3.63) is 84.1 Å². The average molecular weight is 459 g/mol. The van der Waals surface area contributed by atoms with Gasteiger partial charge in [0.1, 0.15) is 22.9 Å². The van der Waals surface area contributed by atoms with Crippen LogP contribution in [-0.4, -0.2) is 32.1 Å². The van der Waals surface area contributed by atoms with Crippen LogP contribution in [0.2, 0.25) is 0 Å². The van der Waals surface area contributed by atoms with Gasteiger partial charge in [-0.1, -0.05) is 36.4 Å². The maximum atomic E-state index is 13.7. The molecule has 3 aromatic rings. The van der Waals surface area contributed by atoms with Gasteiger partial charge in [0.15, 0.2) is 0 Å². The van der Waals surface area contributed by atoms with Crippen LogP contribution in [-0.2, 0) is 9.59 Å². The molecule has 0 aliphatic carbocycles. The lowest BCUT2D eigenvalue weighted by molar-refractivity contribution is -0.120. The molecule has 1 heterocycles. The van der Waals surface area contributed by atoms with Gasteiger partial charge < -0.3 is 19.5 Å². The largest absolute Gasteiger partial charge is 0.497 e. The second kappa shape index (κ2) is 10.1. The Morgan fingerprint density at radius 2 is 1.38 bits per heavy atom. The van der Waals surface area contributed by atoms with Crippen molar-refractivity contribution >= 4 is 28.8 Å². The van der Waals surface area contributed by atoms with Gasteiger partial charge in [-0.05, 0) is 55.8 Å². The van der Waals surface area contributed by atoms with Gasteiger partial charge in [0.25, 0.3) is 11.8 Å². The first kappa shape index (κ1) is 22.9. The van der Waals surface area contributed by atoms with Crippen LogP contribution < -0.4 is 24.4 Å². The maximum Gasteiger partial charge on any atom is 0.282 e. The number of amides is 2. The molecule has 0 saturated carbocycles. The lowest BCUT2D eigenvalue weighted by atomic mass is 10.0. The fraction of sp³-hybridized carbons (Fsp3) is 0.185. The van der Waals surface area contributed by atoms with Gasteiger partial charge in [0.2, 0.25) is 0 Å². The Morgan fingerprint density at radius 1 is 0.765 bits per heavy atom. The van der Waals surface area contributed by atoms with Crippen molar-refractivity contribution in [1.82, 2.24) is 0 Å². The third-order valence-corrected chi connectivity index (χ3v) is 5.32. The van der Waals surface area contributed by atoms with E-state index in [1.165, 1.54) is 0 Å². The SMILES string of the molecule is CCOc1ccccc1NC1=C(c2ccc(OC)cc2)C(=O)N(c2ccccc2OCC)C1=O. The number of carbonyl (C=O) groups excluding carboxylic acids is 2. The van der Waals surface area contributed by atoms with E-state index >= 15 is 0 Å². The molecule has 2 amide bonds. The van der Waals surface area contributed by atoms with E-state index in [0.717, 1.165) is 4.90 Å². The number of hydrogen-bond acceptors (Lipinski definition) is 6. The van der Waals surface area contributed by atoms with E-state index in [1.807, 2.05) is 32.0 Å². The van der Waals surface area contributed by atoms with E-state index < -0.39 is 11.8 Å². The van der Waals surface area contributed by atoms with Crippen LogP contribution in [0.5, 0.6) is 17.2 Å². The molecule has 0 atom stereocenters. The predicted molar refractivity (Wildman–Crippen MR) is 131 cm³/mol. The second-order valence-electron chi connectivity index (χ2n) is 7.38. The van der Waals surface area contributed by atoms with Gasteiger partial charge in [-0.25, -0.2) is 4.90 Å². The maximum absolute atomic E-state index is 13.7. The molecule has 1 N–H and O–H groups in total. The van der Waals surface area contributed by atoms with Crippen LogP contribution in [0, 0.1) is 0 Å². The van der Waals surface area contributed by atoms with E-state index in [-0.39, 0.29) is 11.3 Å².